The van der Waals surface area contributed by atoms with Gasteiger partial charge in [-0.3, -0.25) is 9.36 Å². The van der Waals surface area contributed by atoms with Gasteiger partial charge >= 0.3 is 5.97 Å². The Bertz CT molecular complexity index is 1890. The van der Waals surface area contributed by atoms with E-state index in [-0.39, 0.29) is 12.2 Å². The Balaban J connectivity index is 1.64. The first-order chi connectivity index (χ1) is 18.5. The molecule has 0 aliphatic carbocycles. The van der Waals surface area contributed by atoms with E-state index in [1.165, 1.54) is 11.3 Å². The number of benzene rings is 4. The van der Waals surface area contributed by atoms with E-state index < -0.39 is 12.0 Å². The fourth-order valence-corrected chi connectivity index (χ4v) is 6.22. The van der Waals surface area contributed by atoms with Crippen molar-refractivity contribution in [2.45, 2.75) is 26.8 Å². The van der Waals surface area contributed by atoms with Gasteiger partial charge in [0.05, 0.1) is 28.5 Å². The lowest BCUT2D eigenvalue weighted by atomic mass is 9.95. The van der Waals surface area contributed by atoms with Crippen LogP contribution in [0.3, 0.4) is 0 Å². The summed E-state index contributed by atoms with van der Waals surface area (Å²) in [5, 5.41) is 4.39. The Morgan fingerprint density at radius 2 is 1.61 bits per heavy atom. The summed E-state index contributed by atoms with van der Waals surface area (Å²) >= 11 is 1.35. The van der Waals surface area contributed by atoms with Crippen molar-refractivity contribution >= 4 is 44.9 Å². The van der Waals surface area contributed by atoms with Crippen molar-refractivity contribution in [2.75, 3.05) is 6.61 Å². The van der Waals surface area contributed by atoms with Gasteiger partial charge in [0.25, 0.3) is 5.56 Å². The van der Waals surface area contributed by atoms with Gasteiger partial charge in [0, 0.05) is 0 Å². The number of nitrogens with zero attached hydrogens (tertiary/aromatic N) is 2. The minimum absolute atomic E-state index is 0.175. The van der Waals surface area contributed by atoms with Gasteiger partial charge < -0.3 is 4.74 Å². The Labute approximate surface area is 223 Å². The summed E-state index contributed by atoms with van der Waals surface area (Å²) in [6, 6.07) is 25.9. The van der Waals surface area contributed by atoms with Crippen molar-refractivity contribution in [1.29, 1.82) is 0 Å². The lowest BCUT2D eigenvalue weighted by Gasteiger charge is -2.24. The number of aryl methyl sites for hydroxylation is 1. The molecule has 1 aliphatic rings. The average molecular weight is 519 g/mol. The van der Waals surface area contributed by atoms with E-state index >= 15 is 0 Å². The highest BCUT2D eigenvalue weighted by atomic mass is 32.1. The number of hydrogen-bond donors (Lipinski definition) is 0. The highest BCUT2D eigenvalue weighted by Gasteiger charge is 2.33. The number of esters is 1. The van der Waals surface area contributed by atoms with Gasteiger partial charge in [-0.2, -0.15) is 0 Å². The number of carbonyl (C=O) groups is 1. The minimum atomic E-state index is -0.614. The highest BCUT2D eigenvalue weighted by Crippen LogP contribution is 2.32. The molecular formula is C32H26N2O3S. The summed E-state index contributed by atoms with van der Waals surface area (Å²) in [7, 11) is 0. The Morgan fingerprint density at radius 1 is 0.974 bits per heavy atom. The van der Waals surface area contributed by atoms with Gasteiger partial charge in [-0.15, -0.1) is 0 Å². The first-order valence-corrected chi connectivity index (χ1v) is 13.4. The molecule has 0 amide bonds. The van der Waals surface area contributed by atoms with E-state index in [0.717, 1.165) is 38.2 Å². The maximum absolute atomic E-state index is 14.1. The van der Waals surface area contributed by atoms with Crippen molar-refractivity contribution in [3.05, 3.63) is 127 Å². The number of rotatable bonds is 4. The van der Waals surface area contributed by atoms with Gasteiger partial charge in [-0.05, 0) is 65.6 Å². The van der Waals surface area contributed by atoms with Crippen molar-refractivity contribution in [3.8, 4) is 0 Å². The quantitative estimate of drug-likeness (QED) is 0.236. The smallest absolute Gasteiger partial charge is 0.338 e. The number of allylic oxidation sites excluding steroid dienone is 1. The normalized spacial score (nSPS) is 15.6. The average Bonchev–Trinajstić information content (AvgIpc) is 3.22. The molecule has 5 aromatic rings. The zero-order valence-electron chi connectivity index (χ0n) is 21.4. The van der Waals surface area contributed by atoms with Crippen LogP contribution in [-0.4, -0.2) is 17.1 Å². The van der Waals surface area contributed by atoms with E-state index in [0.29, 0.717) is 20.6 Å². The Kier molecular flexibility index (Phi) is 6.04. The number of aromatic nitrogens is 1. The van der Waals surface area contributed by atoms with E-state index in [2.05, 4.69) is 30.3 Å². The summed E-state index contributed by atoms with van der Waals surface area (Å²) in [6.07, 6.45) is 1.98. The zero-order chi connectivity index (χ0) is 26.4. The van der Waals surface area contributed by atoms with Crippen LogP contribution in [0.4, 0.5) is 0 Å². The third-order valence-electron chi connectivity index (χ3n) is 7.00. The number of carbonyl (C=O) groups excluding carboxylic acids is 1. The van der Waals surface area contributed by atoms with Crippen LogP contribution in [0, 0.1) is 6.92 Å². The molecule has 1 unspecified atom stereocenters. The molecule has 2 heterocycles. The Hall–Kier alpha value is -4.29. The van der Waals surface area contributed by atoms with Crippen LogP contribution in [0.25, 0.3) is 27.6 Å². The third-order valence-corrected chi connectivity index (χ3v) is 7.98. The first-order valence-electron chi connectivity index (χ1n) is 12.6. The van der Waals surface area contributed by atoms with Gasteiger partial charge in [0.2, 0.25) is 0 Å². The lowest BCUT2D eigenvalue weighted by Crippen LogP contribution is -2.39. The first kappa shape index (κ1) is 24.1. The van der Waals surface area contributed by atoms with E-state index in [4.69, 9.17) is 9.73 Å². The van der Waals surface area contributed by atoms with Gasteiger partial charge in [0.15, 0.2) is 4.80 Å². The largest absolute Gasteiger partial charge is 0.463 e. The van der Waals surface area contributed by atoms with Crippen molar-refractivity contribution in [1.82, 2.24) is 4.57 Å². The van der Waals surface area contributed by atoms with Crippen molar-refractivity contribution in [3.63, 3.8) is 0 Å². The van der Waals surface area contributed by atoms with Crippen molar-refractivity contribution in [2.24, 2.45) is 4.99 Å². The molecule has 6 heteroatoms. The van der Waals surface area contributed by atoms with Gasteiger partial charge in [0.1, 0.15) is 0 Å². The second-order valence-corrected chi connectivity index (χ2v) is 10.5. The maximum Gasteiger partial charge on any atom is 0.338 e. The lowest BCUT2D eigenvalue weighted by molar-refractivity contribution is -0.139. The molecule has 1 atom stereocenters. The zero-order valence-corrected chi connectivity index (χ0v) is 22.2. The van der Waals surface area contributed by atoms with E-state index in [1.807, 2.05) is 68.5 Å². The van der Waals surface area contributed by atoms with Crippen LogP contribution >= 0.6 is 11.3 Å². The molecule has 1 aliphatic heterocycles. The predicted octanol–water partition coefficient (Wildman–Crippen LogP) is 5.41. The van der Waals surface area contributed by atoms with Crippen LogP contribution in [0.5, 0.6) is 0 Å². The molecule has 1 aromatic heterocycles. The molecule has 4 aromatic carbocycles. The van der Waals surface area contributed by atoms with Crippen LogP contribution in [0.15, 0.2) is 99.9 Å². The maximum atomic E-state index is 14.1. The minimum Gasteiger partial charge on any atom is -0.463 e. The monoisotopic (exact) mass is 518 g/mol. The molecule has 6 rings (SSSR count). The second kappa shape index (κ2) is 9.54. The van der Waals surface area contributed by atoms with Crippen LogP contribution in [0.1, 0.15) is 36.6 Å². The summed E-state index contributed by atoms with van der Waals surface area (Å²) in [4.78, 5) is 32.5. The molecule has 0 saturated carbocycles. The Morgan fingerprint density at radius 3 is 2.24 bits per heavy atom. The summed E-state index contributed by atoms with van der Waals surface area (Å²) in [5.41, 5.74) is 3.73. The van der Waals surface area contributed by atoms with Crippen LogP contribution in [0.2, 0.25) is 0 Å². The fraction of sp³-hybridized carbons (Fsp3) is 0.156. The molecule has 0 saturated heterocycles. The highest BCUT2D eigenvalue weighted by molar-refractivity contribution is 7.07. The number of thiazole rings is 1. The SMILES string of the molecule is CCOC(=O)C1=C(C)N=c2s/c(=C\c3c4ccccc4cc4ccccc34)c(=O)n2C1c1ccc(C)cc1. The van der Waals surface area contributed by atoms with Gasteiger partial charge in [-0.1, -0.05) is 89.7 Å². The number of ether oxygens (including phenoxy) is 1. The predicted molar refractivity (Wildman–Crippen MR) is 153 cm³/mol. The summed E-state index contributed by atoms with van der Waals surface area (Å²) < 4.78 is 7.62. The third kappa shape index (κ3) is 3.98. The summed E-state index contributed by atoms with van der Waals surface area (Å²) in [6.45, 7) is 5.84. The molecule has 0 fully saturated rings. The second-order valence-electron chi connectivity index (χ2n) is 9.45. The molecule has 0 spiro atoms. The molecule has 38 heavy (non-hydrogen) atoms. The van der Waals surface area contributed by atoms with Crippen molar-refractivity contribution < 1.29 is 9.53 Å². The molecule has 0 radical (unpaired) electrons. The fourth-order valence-electron chi connectivity index (χ4n) is 5.19. The van der Waals surface area contributed by atoms with E-state index in [1.54, 1.807) is 11.5 Å². The van der Waals surface area contributed by atoms with E-state index in [9.17, 15) is 9.59 Å². The number of fused-ring (bicyclic) bond motifs is 3. The number of hydrogen-bond acceptors (Lipinski definition) is 5. The standard InChI is InChI=1S/C32H26N2O3S/c1-4-37-31(36)28-20(3)33-32-34(29(28)21-15-13-19(2)14-16-21)30(35)27(38-32)18-26-24-11-7-5-9-22(24)17-23-10-6-8-12-25(23)26/h5-18,29H,4H2,1-3H3/b27-18-. The molecular weight excluding hydrogens is 492 g/mol. The van der Waals surface area contributed by atoms with Gasteiger partial charge in [-0.25, -0.2) is 9.79 Å². The summed E-state index contributed by atoms with van der Waals surface area (Å²) in [5.74, 6) is -0.450. The topological polar surface area (TPSA) is 60.7 Å². The molecule has 5 nitrogen and oxygen atoms in total. The molecule has 0 bridgehead atoms. The van der Waals surface area contributed by atoms with Crippen LogP contribution < -0.4 is 14.9 Å². The van der Waals surface area contributed by atoms with Crippen LogP contribution in [-0.2, 0) is 9.53 Å². The molecule has 0 N–H and O–H groups in total. The molecule has 188 valence electrons.